The summed E-state index contributed by atoms with van der Waals surface area (Å²) in [6, 6.07) is 2.24. The molecule has 0 heterocycles. The number of ether oxygens (including phenoxy) is 2. The van der Waals surface area contributed by atoms with Crippen LogP contribution < -0.4 is 0 Å². The van der Waals surface area contributed by atoms with Gasteiger partial charge in [0.2, 0.25) is 0 Å². The summed E-state index contributed by atoms with van der Waals surface area (Å²) in [6.07, 6.45) is 2.02. The highest BCUT2D eigenvalue weighted by Crippen LogP contribution is 2.33. The van der Waals surface area contributed by atoms with Crippen LogP contribution in [0.3, 0.4) is 0 Å². The maximum Gasteiger partial charge on any atom is 0.187 e. The average Bonchev–Trinajstić information content (AvgIpc) is 2.45. The zero-order valence-electron chi connectivity index (χ0n) is 16.7. The normalized spacial score (nSPS) is 13.5. The van der Waals surface area contributed by atoms with Crippen molar-refractivity contribution in [3.05, 3.63) is 0 Å². The highest BCUT2D eigenvalue weighted by atomic mass is 28.4. The summed E-state index contributed by atoms with van der Waals surface area (Å²) >= 11 is 0. The smallest absolute Gasteiger partial charge is 0.187 e. The molecule has 0 saturated carbocycles. The van der Waals surface area contributed by atoms with E-state index in [9.17, 15) is 0 Å². The largest absolute Gasteiger partial charge is 0.415 e. The molecule has 0 aromatic carbocycles. The van der Waals surface area contributed by atoms with Gasteiger partial charge in [0.25, 0.3) is 0 Å². The van der Waals surface area contributed by atoms with E-state index in [0.717, 1.165) is 31.5 Å². The Bertz CT molecular complexity index is 322. The Balaban J connectivity index is 4.34. The lowest BCUT2D eigenvalue weighted by atomic mass is 10.5. The van der Waals surface area contributed by atoms with Crippen LogP contribution in [0, 0.1) is 0 Å². The summed E-state index contributed by atoms with van der Waals surface area (Å²) in [6.45, 7) is 16.3. The molecule has 0 aliphatic heterocycles. The van der Waals surface area contributed by atoms with Crippen LogP contribution in [0.4, 0.5) is 0 Å². The summed E-state index contributed by atoms with van der Waals surface area (Å²) in [5.41, 5.74) is 0. The second-order valence-electron chi connectivity index (χ2n) is 8.14. The molecule has 7 heteroatoms. The van der Waals surface area contributed by atoms with E-state index in [1.807, 2.05) is 0 Å². The third-order valence-corrected chi connectivity index (χ3v) is 12.6. The predicted octanol–water partition coefficient (Wildman–Crippen LogP) is 3.03. The molecule has 24 heavy (non-hydrogen) atoms. The van der Waals surface area contributed by atoms with Gasteiger partial charge in [0.05, 0.1) is 34.5 Å². The van der Waals surface area contributed by atoms with Crippen LogP contribution >= 0.6 is 0 Å². The third kappa shape index (κ3) is 10.3. The van der Waals surface area contributed by atoms with Gasteiger partial charge in [0, 0.05) is 18.4 Å². The molecule has 0 amide bonds. The van der Waals surface area contributed by atoms with Crippen LogP contribution in [-0.2, 0) is 13.9 Å². The topological polar surface area (TPSA) is 68.2 Å². The molecule has 0 fully saturated rings. The minimum absolute atomic E-state index is 0.0638. The Hall–Kier alpha value is 0.234. The first-order chi connectivity index (χ1) is 11.1. The Labute approximate surface area is 150 Å². The second kappa shape index (κ2) is 11.8. The molecule has 0 radical (unpaired) electrons. The van der Waals surface area contributed by atoms with Crippen LogP contribution in [0.15, 0.2) is 0 Å². The van der Waals surface area contributed by atoms with Crippen molar-refractivity contribution in [1.82, 2.24) is 0 Å². The Morgan fingerprint density at radius 2 is 1.21 bits per heavy atom. The van der Waals surface area contributed by atoms with Crippen LogP contribution in [0.1, 0.15) is 26.7 Å². The molecule has 0 aliphatic carbocycles. The first kappa shape index (κ1) is 24.2. The van der Waals surface area contributed by atoms with E-state index in [1.165, 1.54) is 0 Å². The van der Waals surface area contributed by atoms with Gasteiger partial charge in [-0.3, -0.25) is 0 Å². The predicted molar refractivity (Wildman–Crippen MR) is 105 cm³/mol. The van der Waals surface area contributed by atoms with E-state index in [1.54, 1.807) is 0 Å². The van der Waals surface area contributed by atoms with Crippen molar-refractivity contribution < 1.29 is 24.1 Å². The van der Waals surface area contributed by atoms with Crippen LogP contribution in [0.25, 0.3) is 0 Å². The molecule has 0 spiro atoms. The van der Waals surface area contributed by atoms with Gasteiger partial charge in [0.1, 0.15) is 0 Å². The molecule has 0 aromatic heterocycles. The van der Waals surface area contributed by atoms with E-state index in [-0.39, 0.29) is 18.4 Å². The molecule has 146 valence electrons. The van der Waals surface area contributed by atoms with Crippen molar-refractivity contribution >= 4 is 16.4 Å². The second-order valence-corrected chi connectivity index (χ2v) is 17.8. The van der Waals surface area contributed by atoms with E-state index >= 15 is 0 Å². The Morgan fingerprint density at radius 3 is 1.67 bits per heavy atom. The number of aliphatic hydroxyl groups is 2. The molecule has 0 atom stereocenters. The molecule has 2 N–H and O–H groups in total. The lowest BCUT2D eigenvalue weighted by Crippen LogP contribution is -2.56. The highest BCUT2D eigenvalue weighted by molar-refractivity contribution is 6.81. The number of aliphatic hydroxyl groups excluding tert-OH is 2. The van der Waals surface area contributed by atoms with Crippen molar-refractivity contribution in [2.75, 3.05) is 39.6 Å². The third-order valence-electron chi connectivity index (χ3n) is 4.79. The molecule has 0 aliphatic rings. The standard InChI is InChI=1S/C17H40O5Si2/c1-17(2,23(3,4)15-7-11-20-13-9-18)22-24(5,6)16-8-12-21-14-10-19/h18-19H,7-16H2,1-6H3. The minimum atomic E-state index is -1.74. The van der Waals surface area contributed by atoms with E-state index < -0.39 is 16.4 Å². The Kier molecular flexibility index (Phi) is 11.9. The molecule has 0 rings (SSSR count). The van der Waals surface area contributed by atoms with E-state index in [4.69, 9.17) is 24.1 Å². The van der Waals surface area contributed by atoms with Crippen molar-refractivity contribution in [2.45, 2.75) is 70.2 Å². The van der Waals surface area contributed by atoms with Gasteiger partial charge in [-0.05, 0) is 45.8 Å². The van der Waals surface area contributed by atoms with Crippen molar-refractivity contribution in [1.29, 1.82) is 0 Å². The van der Waals surface area contributed by atoms with Gasteiger partial charge in [-0.25, -0.2) is 0 Å². The van der Waals surface area contributed by atoms with Crippen molar-refractivity contribution in [2.24, 2.45) is 0 Å². The fourth-order valence-electron chi connectivity index (χ4n) is 2.73. The van der Waals surface area contributed by atoms with Gasteiger partial charge in [-0.2, -0.15) is 0 Å². The number of rotatable bonds is 15. The van der Waals surface area contributed by atoms with Crippen molar-refractivity contribution in [3.8, 4) is 0 Å². The zero-order chi connectivity index (χ0) is 18.7. The SMILES string of the molecule is CC(C)(O[Si](C)(C)CCCOCCO)[Si](C)(C)CCCOCCO. The lowest BCUT2D eigenvalue weighted by Gasteiger charge is -2.45. The van der Waals surface area contributed by atoms with Gasteiger partial charge >= 0.3 is 0 Å². The van der Waals surface area contributed by atoms with Crippen molar-refractivity contribution in [3.63, 3.8) is 0 Å². The van der Waals surface area contributed by atoms with Gasteiger partial charge < -0.3 is 24.1 Å². The summed E-state index contributed by atoms with van der Waals surface area (Å²) in [5, 5.41) is 17.4. The van der Waals surface area contributed by atoms with Gasteiger partial charge in [-0.15, -0.1) is 0 Å². The molecular weight excluding hydrogens is 340 g/mol. The fourth-order valence-corrected chi connectivity index (χ4v) is 8.77. The Morgan fingerprint density at radius 1 is 0.750 bits per heavy atom. The molecule has 0 unspecified atom stereocenters. The fraction of sp³-hybridized carbons (Fsp3) is 1.00. The average molecular weight is 381 g/mol. The molecule has 0 bridgehead atoms. The number of hydrogen-bond donors (Lipinski definition) is 2. The van der Waals surface area contributed by atoms with Gasteiger partial charge in [-0.1, -0.05) is 19.1 Å². The zero-order valence-corrected chi connectivity index (χ0v) is 18.7. The maximum absolute atomic E-state index is 8.75. The van der Waals surface area contributed by atoms with Crippen LogP contribution in [0.5, 0.6) is 0 Å². The summed E-state index contributed by atoms with van der Waals surface area (Å²) in [4.78, 5) is 0. The van der Waals surface area contributed by atoms with Crippen LogP contribution in [0.2, 0.25) is 38.3 Å². The first-order valence-corrected chi connectivity index (χ1v) is 15.5. The molecule has 0 aromatic rings. The number of hydrogen-bond acceptors (Lipinski definition) is 5. The molecular formula is C17H40O5Si2. The quantitative estimate of drug-likeness (QED) is 0.338. The van der Waals surface area contributed by atoms with E-state index in [0.29, 0.717) is 19.8 Å². The first-order valence-electron chi connectivity index (χ1n) is 9.15. The van der Waals surface area contributed by atoms with Gasteiger partial charge in [0.15, 0.2) is 8.32 Å². The lowest BCUT2D eigenvalue weighted by molar-refractivity contribution is 0.0908. The highest BCUT2D eigenvalue weighted by Gasteiger charge is 2.43. The maximum atomic E-state index is 8.75. The summed E-state index contributed by atoms with van der Waals surface area (Å²) in [5.74, 6) is 0. The van der Waals surface area contributed by atoms with E-state index in [2.05, 4.69) is 40.0 Å². The molecule has 5 nitrogen and oxygen atoms in total. The summed E-state index contributed by atoms with van der Waals surface area (Å²) in [7, 11) is -3.30. The van der Waals surface area contributed by atoms with Crippen LogP contribution in [-0.4, -0.2) is 71.5 Å². The summed E-state index contributed by atoms with van der Waals surface area (Å²) < 4.78 is 17.4. The monoisotopic (exact) mass is 380 g/mol. The minimum Gasteiger partial charge on any atom is -0.415 e. The molecule has 0 saturated heterocycles.